The minimum atomic E-state index is -3.77. The maximum atomic E-state index is 13.5. The molecule has 0 radical (unpaired) electrons. The second-order valence-electron chi connectivity index (χ2n) is 8.37. The van der Waals surface area contributed by atoms with Gasteiger partial charge < -0.3 is 10.2 Å². The van der Waals surface area contributed by atoms with Gasteiger partial charge in [-0.15, -0.1) is 0 Å². The summed E-state index contributed by atoms with van der Waals surface area (Å²) in [6, 6.07) is 10.9. The first-order valence-electron chi connectivity index (χ1n) is 10.9. The number of carbonyl (C=O) groups is 2. The molecule has 0 aliphatic carbocycles. The molecule has 34 heavy (non-hydrogen) atoms. The Morgan fingerprint density at radius 2 is 1.65 bits per heavy atom. The van der Waals surface area contributed by atoms with E-state index >= 15 is 0 Å². The summed E-state index contributed by atoms with van der Waals surface area (Å²) in [4.78, 5) is 27.7. The highest BCUT2D eigenvalue weighted by molar-refractivity contribution is 7.92. The Balaban J connectivity index is 2.40. The van der Waals surface area contributed by atoms with E-state index in [1.54, 1.807) is 49.4 Å². The average molecular weight is 529 g/mol. The molecule has 0 saturated carbocycles. The molecule has 0 heterocycles. The predicted molar refractivity (Wildman–Crippen MR) is 138 cm³/mol. The van der Waals surface area contributed by atoms with Crippen LogP contribution >= 0.6 is 23.2 Å². The molecular weight excluding hydrogens is 497 g/mol. The number of hydrogen-bond donors (Lipinski definition) is 1. The van der Waals surface area contributed by atoms with Gasteiger partial charge in [0, 0.05) is 12.6 Å². The van der Waals surface area contributed by atoms with Gasteiger partial charge in [0.25, 0.3) is 0 Å². The highest BCUT2D eigenvalue weighted by Gasteiger charge is 2.30. The van der Waals surface area contributed by atoms with Crippen LogP contribution < -0.4 is 9.62 Å². The summed E-state index contributed by atoms with van der Waals surface area (Å²) in [5.41, 5.74) is 1.99. The number of halogens is 2. The largest absolute Gasteiger partial charge is 0.352 e. The summed E-state index contributed by atoms with van der Waals surface area (Å²) < 4.78 is 26.1. The van der Waals surface area contributed by atoms with Crippen molar-refractivity contribution in [1.29, 1.82) is 0 Å². The third-order valence-electron chi connectivity index (χ3n) is 5.51. The Kier molecular flexibility index (Phi) is 9.79. The van der Waals surface area contributed by atoms with Crippen molar-refractivity contribution in [2.75, 3.05) is 17.1 Å². The molecule has 0 bridgehead atoms. The van der Waals surface area contributed by atoms with Crippen molar-refractivity contribution in [2.24, 2.45) is 0 Å². The summed E-state index contributed by atoms with van der Waals surface area (Å²) in [5, 5.41) is 3.57. The molecule has 186 valence electrons. The number of nitrogens with zero attached hydrogens (tertiary/aromatic N) is 2. The van der Waals surface area contributed by atoms with E-state index in [-0.39, 0.29) is 18.5 Å². The third-order valence-corrected chi connectivity index (χ3v) is 7.39. The van der Waals surface area contributed by atoms with E-state index in [0.29, 0.717) is 21.3 Å². The Hall–Kier alpha value is -2.29. The highest BCUT2D eigenvalue weighted by Crippen LogP contribution is 2.24. The number of carbonyl (C=O) groups excluding carboxylic acids is 2. The number of nitrogens with one attached hydrogen (secondary N) is 1. The van der Waals surface area contributed by atoms with Crippen LogP contribution in [0.5, 0.6) is 0 Å². The molecule has 0 aliphatic rings. The molecule has 0 unspecified atom stereocenters. The molecule has 2 amide bonds. The van der Waals surface area contributed by atoms with E-state index in [4.69, 9.17) is 23.2 Å². The van der Waals surface area contributed by atoms with Crippen molar-refractivity contribution in [1.82, 2.24) is 10.2 Å². The van der Waals surface area contributed by atoms with E-state index in [2.05, 4.69) is 5.32 Å². The fourth-order valence-corrected chi connectivity index (χ4v) is 4.38. The minimum absolute atomic E-state index is 0.0519. The van der Waals surface area contributed by atoms with Crippen molar-refractivity contribution >= 4 is 50.7 Å². The molecular formula is C24H31Cl2N3O4S. The van der Waals surface area contributed by atoms with Crippen LogP contribution in [0.3, 0.4) is 0 Å². The fraction of sp³-hybridized carbons (Fsp3) is 0.417. The molecule has 2 atom stereocenters. The molecule has 10 heteroatoms. The van der Waals surface area contributed by atoms with Crippen LogP contribution in [0.2, 0.25) is 10.0 Å². The lowest BCUT2D eigenvalue weighted by Gasteiger charge is -2.32. The molecule has 0 aliphatic heterocycles. The smallest absolute Gasteiger partial charge is 0.244 e. The molecule has 1 N–H and O–H groups in total. The monoisotopic (exact) mass is 527 g/mol. The van der Waals surface area contributed by atoms with Gasteiger partial charge in [-0.25, -0.2) is 8.42 Å². The topological polar surface area (TPSA) is 86.8 Å². The summed E-state index contributed by atoms with van der Waals surface area (Å²) in [6.07, 6.45) is 1.77. The van der Waals surface area contributed by atoms with Gasteiger partial charge in [-0.2, -0.15) is 0 Å². The van der Waals surface area contributed by atoms with Crippen molar-refractivity contribution in [3.05, 3.63) is 63.6 Å². The second-order valence-corrected chi connectivity index (χ2v) is 11.1. The minimum Gasteiger partial charge on any atom is -0.352 e. The second kappa shape index (κ2) is 11.9. The van der Waals surface area contributed by atoms with Crippen LogP contribution in [0.1, 0.15) is 38.3 Å². The van der Waals surface area contributed by atoms with Gasteiger partial charge in [0.05, 0.1) is 22.0 Å². The number of benzene rings is 2. The van der Waals surface area contributed by atoms with Gasteiger partial charge in [0.2, 0.25) is 21.8 Å². The zero-order chi connectivity index (χ0) is 25.6. The lowest BCUT2D eigenvalue weighted by molar-refractivity contribution is -0.139. The zero-order valence-electron chi connectivity index (χ0n) is 20.0. The average Bonchev–Trinajstić information content (AvgIpc) is 2.77. The number of rotatable bonds is 10. The Morgan fingerprint density at radius 1 is 1.03 bits per heavy atom. The van der Waals surface area contributed by atoms with Crippen LogP contribution in [0.15, 0.2) is 42.5 Å². The summed E-state index contributed by atoms with van der Waals surface area (Å²) in [5.74, 6) is -0.854. The van der Waals surface area contributed by atoms with Gasteiger partial charge >= 0.3 is 0 Å². The van der Waals surface area contributed by atoms with Gasteiger partial charge in [0.15, 0.2) is 0 Å². The first kappa shape index (κ1) is 28.0. The SMILES string of the molecule is CC[C@H](C)NC(=O)[C@H](C)N(Cc1ccc(Cl)c(Cl)c1)C(=O)CN(c1ccc(C)cc1)S(C)(=O)=O. The maximum Gasteiger partial charge on any atom is 0.244 e. The number of aryl methyl sites for hydroxylation is 1. The molecule has 2 aromatic carbocycles. The van der Waals surface area contributed by atoms with E-state index < -0.39 is 28.5 Å². The highest BCUT2D eigenvalue weighted by atomic mass is 35.5. The van der Waals surface area contributed by atoms with Gasteiger partial charge in [-0.1, -0.05) is 53.9 Å². The van der Waals surface area contributed by atoms with Gasteiger partial charge in [0.1, 0.15) is 12.6 Å². The zero-order valence-corrected chi connectivity index (χ0v) is 22.3. The van der Waals surface area contributed by atoms with E-state index in [0.717, 1.165) is 22.5 Å². The molecule has 0 fully saturated rings. The standard InChI is InChI=1S/C24H31Cl2N3O4S/c1-6-17(3)27-24(31)18(4)28(14-19-9-12-21(25)22(26)13-19)23(30)15-29(34(5,32)33)20-10-7-16(2)8-11-20/h7-13,17-18H,6,14-15H2,1-5H3,(H,27,31)/t17-,18-/m0/s1. The molecule has 0 saturated heterocycles. The van der Waals surface area contributed by atoms with Crippen LogP contribution in [-0.4, -0.2) is 50.0 Å². The summed E-state index contributed by atoms with van der Waals surface area (Å²) >= 11 is 12.2. The lowest BCUT2D eigenvalue weighted by Crippen LogP contribution is -2.52. The maximum absolute atomic E-state index is 13.5. The molecule has 2 aromatic rings. The van der Waals surface area contributed by atoms with Crippen LogP contribution in [0.4, 0.5) is 5.69 Å². The molecule has 2 rings (SSSR count). The Labute approximate surface area is 212 Å². The Bertz CT molecular complexity index is 1120. The van der Waals surface area contributed by atoms with Crippen molar-refractivity contribution in [2.45, 2.75) is 52.7 Å². The number of anilines is 1. The van der Waals surface area contributed by atoms with Crippen molar-refractivity contribution in [3.8, 4) is 0 Å². The van der Waals surface area contributed by atoms with Crippen LogP contribution in [0, 0.1) is 6.92 Å². The first-order chi connectivity index (χ1) is 15.8. The fourth-order valence-electron chi connectivity index (χ4n) is 3.21. The van der Waals surface area contributed by atoms with E-state index in [1.807, 2.05) is 20.8 Å². The molecule has 0 aromatic heterocycles. The first-order valence-corrected chi connectivity index (χ1v) is 13.5. The Morgan fingerprint density at radius 3 is 2.18 bits per heavy atom. The number of sulfonamides is 1. The quantitative estimate of drug-likeness (QED) is 0.495. The normalized spacial score (nSPS) is 13.1. The molecule has 7 nitrogen and oxygen atoms in total. The van der Waals surface area contributed by atoms with Gasteiger partial charge in [-0.05, 0) is 57.0 Å². The van der Waals surface area contributed by atoms with E-state index in [9.17, 15) is 18.0 Å². The molecule has 0 spiro atoms. The third kappa shape index (κ3) is 7.61. The number of hydrogen-bond acceptors (Lipinski definition) is 4. The summed E-state index contributed by atoms with van der Waals surface area (Å²) in [6.45, 7) is 6.92. The number of amides is 2. The van der Waals surface area contributed by atoms with Gasteiger partial charge in [-0.3, -0.25) is 13.9 Å². The predicted octanol–water partition coefficient (Wildman–Crippen LogP) is 4.40. The van der Waals surface area contributed by atoms with Crippen molar-refractivity contribution < 1.29 is 18.0 Å². The van der Waals surface area contributed by atoms with Crippen LogP contribution in [0.25, 0.3) is 0 Å². The van der Waals surface area contributed by atoms with Crippen LogP contribution in [-0.2, 0) is 26.2 Å². The van der Waals surface area contributed by atoms with Crippen molar-refractivity contribution in [3.63, 3.8) is 0 Å². The van der Waals surface area contributed by atoms with E-state index in [1.165, 1.54) is 4.90 Å². The lowest BCUT2D eigenvalue weighted by atomic mass is 10.1. The summed E-state index contributed by atoms with van der Waals surface area (Å²) in [7, 11) is -3.77.